The van der Waals surface area contributed by atoms with E-state index in [1.165, 1.54) is 18.5 Å². The third-order valence-corrected chi connectivity index (χ3v) is 4.05. The number of carbonyl (C=O) groups is 1. The van der Waals surface area contributed by atoms with E-state index in [-0.39, 0.29) is 30.1 Å². The minimum absolute atomic E-state index is 0.0222. The van der Waals surface area contributed by atoms with Gasteiger partial charge >= 0.3 is 0 Å². The van der Waals surface area contributed by atoms with Crippen LogP contribution in [0.4, 0.5) is 0 Å². The molecule has 1 fully saturated rings. The summed E-state index contributed by atoms with van der Waals surface area (Å²) in [7, 11) is 0. The minimum atomic E-state index is -0.403. The van der Waals surface area contributed by atoms with Crippen LogP contribution in [0.25, 0.3) is 0 Å². The van der Waals surface area contributed by atoms with Gasteiger partial charge in [-0.3, -0.25) is 9.78 Å². The molecule has 1 amide bonds. The summed E-state index contributed by atoms with van der Waals surface area (Å²) in [6.07, 6.45) is 3.06. The lowest BCUT2D eigenvalue weighted by atomic mass is 10.1. The van der Waals surface area contributed by atoms with Gasteiger partial charge in [-0.1, -0.05) is 12.1 Å². The predicted octanol–water partition coefficient (Wildman–Crippen LogP) is 1.25. The van der Waals surface area contributed by atoms with Gasteiger partial charge in [0.15, 0.2) is 0 Å². The predicted molar refractivity (Wildman–Crippen MR) is 89.4 cm³/mol. The average Bonchev–Trinajstić information content (AvgIpc) is 2.64. The molecule has 7 nitrogen and oxygen atoms in total. The van der Waals surface area contributed by atoms with Gasteiger partial charge in [0.1, 0.15) is 17.6 Å². The number of aromatic hydroxyl groups is 1. The van der Waals surface area contributed by atoms with Gasteiger partial charge < -0.3 is 25.0 Å². The Morgan fingerprint density at radius 1 is 1.32 bits per heavy atom. The Balaban J connectivity index is 1.68. The lowest BCUT2D eigenvalue weighted by Gasteiger charge is -2.32. The molecule has 1 aliphatic rings. The molecular weight excluding hydrogens is 324 g/mol. The highest BCUT2D eigenvalue weighted by atomic mass is 16.5. The SMILES string of the molecule is O=C(N[C@@H]1COCC[C@H]1Oc1ccc(CO)cc1)c1ccncc1O. The van der Waals surface area contributed by atoms with E-state index in [0.29, 0.717) is 25.4 Å². The molecule has 2 aromatic rings. The van der Waals surface area contributed by atoms with Crippen LogP contribution in [0.5, 0.6) is 11.5 Å². The molecule has 1 aromatic heterocycles. The molecular formula is C18H20N2O5. The van der Waals surface area contributed by atoms with Crippen LogP contribution < -0.4 is 10.1 Å². The van der Waals surface area contributed by atoms with Gasteiger partial charge in [0, 0.05) is 12.6 Å². The van der Waals surface area contributed by atoms with Gasteiger partial charge in [0.05, 0.1) is 37.6 Å². The minimum Gasteiger partial charge on any atom is -0.505 e. The van der Waals surface area contributed by atoms with Gasteiger partial charge in [-0.2, -0.15) is 0 Å². The number of ether oxygens (including phenoxy) is 2. The zero-order valence-corrected chi connectivity index (χ0v) is 13.6. The summed E-state index contributed by atoms with van der Waals surface area (Å²) < 4.78 is 11.4. The smallest absolute Gasteiger partial charge is 0.255 e. The standard InChI is InChI=1S/C18H20N2O5/c21-10-12-1-3-13(4-2-12)25-17-6-8-24-11-15(17)20-18(23)14-5-7-19-9-16(14)22/h1-5,7,9,15,17,21-22H,6,8,10-11H2,(H,20,23)/t15-,17-/m1/s1. The topological polar surface area (TPSA) is 101 Å². The number of hydrogen-bond donors (Lipinski definition) is 3. The van der Waals surface area contributed by atoms with E-state index < -0.39 is 5.91 Å². The Bertz CT molecular complexity index is 720. The van der Waals surface area contributed by atoms with Crippen molar-refractivity contribution in [2.75, 3.05) is 13.2 Å². The van der Waals surface area contributed by atoms with E-state index in [9.17, 15) is 9.90 Å². The summed E-state index contributed by atoms with van der Waals surface area (Å²) in [5.74, 6) is 0.0866. The molecule has 132 valence electrons. The summed E-state index contributed by atoms with van der Waals surface area (Å²) >= 11 is 0. The van der Waals surface area contributed by atoms with E-state index in [4.69, 9.17) is 14.6 Å². The van der Waals surface area contributed by atoms with Gasteiger partial charge in [-0.25, -0.2) is 0 Å². The molecule has 7 heteroatoms. The number of benzene rings is 1. The van der Waals surface area contributed by atoms with Gasteiger partial charge in [-0.05, 0) is 23.8 Å². The lowest BCUT2D eigenvalue weighted by molar-refractivity contribution is -0.00292. The molecule has 3 N–H and O–H groups in total. The van der Waals surface area contributed by atoms with Crippen molar-refractivity contribution in [2.24, 2.45) is 0 Å². The first-order valence-corrected chi connectivity index (χ1v) is 8.05. The summed E-state index contributed by atoms with van der Waals surface area (Å²) in [6, 6.07) is 8.27. The quantitative estimate of drug-likeness (QED) is 0.755. The second kappa shape index (κ2) is 7.96. The fourth-order valence-corrected chi connectivity index (χ4v) is 2.67. The van der Waals surface area contributed by atoms with Crippen LogP contribution in [-0.4, -0.2) is 46.5 Å². The zero-order chi connectivity index (χ0) is 17.6. The van der Waals surface area contributed by atoms with E-state index >= 15 is 0 Å². The van der Waals surface area contributed by atoms with Crippen LogP contribution in [0.15, 0.2) is 42.7 Å². The van der Waals surface area contributed by atoms with Crippen molar-refractivity contribution in [3.8, 4) is 11.5 Å². The number of hydrogen-bond acceptors (Lipinski definition) is 6. The summed E-state index contributed by atoms with van der Waals surface area (Å²) in [5, 5.41) is 21.7. The number of carbonyl (C=O) groups excluding carboxylic acids is 1. The molecule has 1 aliphatic heterocycles. The first kappa shape index (κ1) is 17.2. The fourth-order valence-electron chi connectivity index (χ4n) is 2.67. The first-order chi connectivity index (χ1) is 12.2. The maximum atomic E-state index is 12.4. The largest absolute Gasteiger partial charge is 0.505 e. The number of rotatable bonds is 5. The van der Waals surface area contributed by atoms with Crippen LogP contribution in [0, 0.1) is 0 Å². The third-order valence-electron chi connectivity index (χ3n) is 4.05. The molecule has 2 atom stereocenters. The normalized spacial score (nSPS) is 20.0. The van der Waals surface area contributed by atoms with Crippen molar-refractivity contribution in [2.45, 2.75) is 25.2 Å². The van der Waals surface area contributed by atoms with Crippen LogP contribution in [-0.2, 0) is 11.3 Å². The first-order valence-electron chi connectivity index (χ1n) is 8.05. The highest BCUT2D eigenvalue weighted by Gasteiger charge is 2.29. The Morgan fingerprint density at radius 2 is 2.12 bits per heavy atom. The zero-order valence-electron chi connectivity index (χ0n) is 13.6. The molecule has 0 spiro atoms. The number of aliphatic hydroxyl groups excluding tert-OH is 1. The summed E-state index contributed by atoms with van der Waals surface area (Å²) in [5.41, 5.74) is 0.962. The number of aliphatic hydroxyl groups is 1. The second-order valence-corrected chi connectivity index (χ2v) is 5.79. The molecule has 3 rings (SSSR count). The maximum Gasteiger partial charge on any atom is 0.255 e. The monoisotopic (exact) mass is 344 g/mol. The Labute approximate surface area is 145 Å². The van der Waals surface area contributed by atoms with E-state index in [2.05, 4.69) is 10.3 Å². The van der Waals surface area contributed by atoms with E-state index in [1.807, 2.05) is 0 Å². The molecule has 0 aliphatic carbocycles. The van der Waals surface area contributed by atoms with Crippen LogP contribution in [0.1, 0.15) is 22.3 Å². The van der Waals surface area contributed by atoms with Crippen molar-refractivity contribution in [3.63, 3.8) is 0 Å². The highest BCUT2D eigenvalue weighted by molar-refractivity contribution is 5.96. The lowest BCUT2D eigenvalue weighted by Crippen LogP contribution is -2.51. The third kappa shape index (κ3) is 4.26. The Morgan fingerprint density at radius 3 is 2.84 bits per heavy atom. The second-order valence-electron chi connectivity index (χ2n) is 5.79. The maximum absolute atomic E-state index is 12.4. The number of aromatic nitrogens is 1. The molecule has 1 aromatic carbocycles. The van der Waals surface area contributed by atoms with Crippen LogP contribution >= 0.6 is 0 Å². The molecule has 1 saturated heterocycles. The van der Waals surface area contributed by atoms with Crippen molar-refractivity contribution in [1.82, 2.24) is 10.3 Å². The van der Waals surface area contributed by atoms with Crippen LogP contribution in [0.3, 0.4) is 0 Å². The molecule has 0 unspecified atom stereocenters. The summed E-state index contributed by atoms with van der Waals surface area (Å²) in [4.78, 5) is 16.1. The molecule has 2 heterocycles. The Hall–Kier alpha value is -2.64. The fraction of sp³-hybridized carbons (Fsp3) is 0.333. The van der Waals surface area contributed by atoms with Gasteiger partial charge in [-0.15, -0.1) is 0 Å². The number of pyridine rings is 1. The van der Waals surface area contributed by atoms with E-state index in [1.54, 1.807) is 24.3 Å². The van der Waals surface area contributed by atoms with Crippen molar-refractivity contribution >= 4 is 5.91 Å². The molecule has 0 radical (unpaired) electrons. The van der Waals surface area contributed by atoms with Gasteiger partial charge in [0.2, 0.25) is 0 Å². The van der Waals surface area contributed by atoms with Crippen molar-refractivity contribution in [3.05, 3.63) is 53.9 Å². The summed E-state index contributed by atoms with van der Waals surface area (Å²) in [6.45, 7) is 0.856. The van der Waals surface area contributed by atoms with Gasteiger partial charge in [0.25, 0.3) is 5.91 Å². The molecule has 0 bridgehead atoms. The van der Waals surface area contributed by atoms with Crippen molar-refractivity contribution < 1.29 is 24.5 Å². The highest BCUT2D eigenvalue weighted by Crippen LogP contribution is 2.20. The molecule has 25 heavy (non-hydrogen) atoms. The Kier molecular flexibility index (Phi) is 5.47. The van der Waals surface area contributed by atoms with E-state index in [0.717, 1.165) is 5.56 Å². The average molecular weight is 344 g/mol. The number of nitrogens with one attached hydrogen (secondary N) is 1. The van der Waals surface area contributed by atoms with Crippen LogP contribution in [0.2, 0.25) is 0 Å². The number of nitrogens with zero attached hydrogens (tertiary/aromatic N) is 1. The number of amides is 1. The molecule has 0 saturated carbocycles. The van der Waals surface area contributed by atoms with Crippen molar-refractivity contribution in [1.29, 1.82) is 0 Å².